The van der Waals surface area contributed by atoms with Crippen molar-refractivity contribution in [3.05, 3.63) is 52.7 Å². The second-order valence-electron chi connectivity index (χ2n) is 3.16. The highest BCUT2D eigenvalue weighted by Gasteiger charge is 1.98. The van der Waals surface area contributed by atoms with Crippen LogP contribution in [0.1, 0.15) is 4.88 Å². The molecule has 0 bridgehead atoms. The van der Waals surface area contributed by atoms with Gasteiger partial charge in [0.1, 0.15) is 0 Å². The van der Waals surface area contributed by atoms with Gasteiger partial charge in [-0.3, -0.25) is 0 Å². The van der Waals surface area contributed by atoms with E-state index < -0.39 is 0 Å². The molecule has 1 aromatic heterocycles. The SMILES string of the molecule is BrCC=Cc1cc(-c2ccccc2)cs1. The molecule has 0 amide bonds. The lowest BCUT2D eigenvalue weighted by atomic mass is 10.1. The molecule has 15 heavy (non-hydrogen) atoms. The van der Waals surface area contributed by atoms with Crippen LogP contribution in [0.5, 0.6) is 0 Å². The molecule has 0 N–H and O–H groups in total. The van der Waals surface area contributed by atoms with Crippen molar-refractivity contribution in [2.24, 2.45) is 0 Å². The van der Waals surface area contributed by atoms with Crippen LogP contribution in [-0.4, -0.2) is 5.33 Å². The van der Waals surface area contributed by atoms with Crippen molar-refractivity contribution in [1.29, 1.82) is 0 Å². The zero-order valence-electron chi connectivity index (χ0n) is 8.19. The van der Waals surface area contributed by atoms with Crippen LogP contribution in [0, 0.1) is 0 Å². The van der Waals surface area contributed by atoms with Crippen LogP contribution < -0.4 is 0 Å². The Labute approximate surface area is 102 Å². The first-order chi connectivity index (χ1) is 7.40. The highest BCUT2D eigenvalue weighted by Crippen LogP contribution is 2.26. The first-order valence-electron chi connectivity index (χ1n) is 4.76. The van der Waals surface area contributed by atoms with Crippen LogP contribution in [0.3, 0.4) is 0 Å². The van der Waals surface area contributed by atoms with Crippen LogP contribution in [0.25, 0.3) is 17.2 Å². The molecule has 0 saturated heterocycles. The van der Waals surface area contributed by atoms with Gasteiger partial charge < -0.3 is 0 Å². The maximum atomic E-state index is 3.38. The lowest BCUT2D eigenvalue weighted by molar-refractivity contribution is 1.67. The van der Waals surface area contributed by atoms with Crippen molar-refractivity contribution in [3.63, 3.8) is 0 Å². The van der Waals surface area contributed by atoms with Gasteiger partial charge in [-0.25, -0.2) is 0 Å². The fraction of sp³-hybridized carbons (Fsp3) is 0.0769. The van der Waals surface area contributed by atoms with E-state index >= 15 is 0 Å². The predicted octanol–water partition coefficient (Wildman–Crippen LogP) is 4.82. The minimum absolute atomic E-state index is 0.908. The van der Waals surface area contributed by atoms with Gasteiger partial charge in [0.15, 0.2) is 0 Å². The van der Waals surface area contributed by atoms with E-state index in [1.807, 2.05) is 6.07 Å². The first-order valence-corrected chi connectivity index (χ1v) is 6.77. The molecule has 0 aliphatic carbocycles. The van der Waals surface area contributed by atoms with Crippen molar-refractivity contribution < 1.29 is 0 Å². The second kappa shape index (κ2) is 5.29. The Kier molecular flexibility index (Phi) is 3.75. The van der Waals surface area contributed by atoms with Crippen molar-refractivity contribution in [2.45, 2.75) is 0 Å². The third kappa shape index (κ3) is 2.80. The normalized spacial score (nSPS) is 11.0. The molecule has 1 aromatic carbocycles. The number of rotatable bonds is 3. The Bertz CT molecular complexity index is 443. The molecule has 0 spiro atoms. The maximum Gasteiger partial charge on any atom is 0.0273 e. The summed E-state index contributed by atoms with van der Waals surface area (Å²) in [6.07, 6.45) is 4.26. The van der Waals surface area contributed by atoms with Gasteiger partial charge in [-0.05, 0) is 28.6 Å². The summed E-state index contributed by atoms with van der Waals surface area (Å²) in [6, 6.07) is 12.7. The highest BCUT2D eigenvalue weighted by molar-refractivity contribution is 9.09. The Morgan fingerprint density at radius 1 is 1.13 bits per heavy atom. The summed E-state index contributed by atoms with van der Waals surface area (Å²) in [6.45, 7) is 0. The second-order valence-corrected chi connectivity index (χ2v) is 4.75. The third-order valence-electron chi connectivity index (χ3n) is 2.10. The monoisotopic (exact) mass is 278 g/mol. The third-order valence-corrected chi connectivity index (χ3v) is 3.37. The summed E-state index contributed by atoms with van der Waals surface area (Å²) in [5.74, 6) is 0. The molecule has 0 nitrogen and oxygen atoms in total. The van der Waals surface area contributed by atoms with E-state index in [0.717, 1.165) is 5.33 Å². The number of allylic oxidation sites excluding steroid dienone is 1. The van der Waals surface area contributed by atoms with Gasteiger partial charge in [-0.2, -0.15) is 0 Å². The Balaban J connectivity index is 2.24. The van der Waals surface area contributed by atoms with Gasteiger partial charge in [0, 0.05) is 10.2 Å². The summed E-state index contributed by atoms with van der Waals surface area (Å²) in [5, 5.41) is 3.11. The highest BCUT2D eigenvalue weighted by atomic mass is 79.9. The zero-order valence-corrected chi connectivity index (χ0v) is 10.6. The minimum Gasteiger partial charge on any atom is -0.144 e. The Hall–Kier alpha value is -0.860. The molecule has 0 fully saturated rings. The lowest BCUT2D eigenvalue weighted by Gasteiger charge is -1.94. The van der Waals surface area contributed by atoms with Gasteiger partial charge in [0.05, 0.1) is 0 Å². The van der Waals surface area contributed by atoms with Gasteiger partial charge in [-0.1, -0.05) is 52.3 Å². The molecule has 0 aliphatic heterocycles. The van der Waals surface area contributed by atoms with E-state index in [4.69, 9.17) is 0 Å². The number of hydrogen-bond acceptors (Lipinski definition) is 1. The standard InChI is InChI=1S/C13H11BrS/c14-8-4-7-13-9-12(10-15-13)11-5-2-1-3-6-11/h1-7,9-10H,8H2. The summed E-state index contributed by atoms with van der Waals surface area (Å²) in [7, 11) is 0. The van der Waals surface area contributed by atoms with Crippen LogP contribution in [0.2, 0.25) is 0 Å². The number of hydrogen-bond donors (Lipinski definition) is 0. The fourth-order valence-corrected chi connectivity index (χ4v) is 2.41. The smallest absolute Gasteiger partial charge is 0.0273 e. The van der Waals surface area contributed by atoms with Crippen LogP contribution in [0.15, 0.2) is 47.9 Å². The maximum absolute atomic E-state index is 3.38. The van der Waals surface area contributed by atoms with E-state index in [1.54, 1.807) is 11.3 Å². The van der Waals surface area contributed by atoms with Gasteiger partial charge in [0.25, 0.3) is 0 Å². The summed E-state index contributed by atoms with van der Waals surface area (Å²) in [5.41, 5.74) is 2.59. The zero-order chi connectivity index (χ0) is 10.5. The number of thiophene rings is 1. The largest absolute Gasteiger partial charge is 0.144 e. The number of halogens is 1. The topological polar surface area (TPSA) is 0 Å². The molecule has 0 atom stereocenters. The number of benzene rings is 1. The fourth-order valence-electron chi connectivity index (χ4n) is 1.38. The van der Waals surface area contributed by atoms with E-state index in [9.17, 15) is 0 Å². The summed E-state index contributed by atoms with van der Waals surface area (Å²) in [4.78, 5) is 1.30. The molecule has 0 unspecified atom stereocenters. The van der Waals surface area contributed by atoms with E-state index in [1.165, 1.54) is 16.0 Å². The van der Waals surface area contributed by atoms with Gasteiger partial charge >= 0.3 is 0 Å². The molecule has 0 aliphatic rings. The lowest BCUT2D eigenvalue weighted by Crippen LogP contribution is -1.70. The van der Waals surface area contributed by atoms with Gasteiger partial charge in [-0.15, -0.1) is 11.3 Å². The molecular formula is C13H11BrS. The number of alkyl halides is 1. The first kappa shape index (κ1) is 10.7. The molecular weight excluding hydrogens is 268 g/mol. The van der Waals surface area contributed by atoms with E-state index in [2.05, 4.69) is 63.8 Å². The molecule has 2 rings (SSSR count). The van der Waals surface area contributed by atoms with E-state index in [0.29, 0.717) is 0 Å². The minimum atomic E-state index is 0.908. The molecule has 0 saturated carbocycles. The molecule has 0 radical (unpaired) electrons. The van der Waals surface area contributed by atoms with Crippen molar-refractivity contribution >= 4 is 33.3 Å². The van der Waals surface area contributed by atoms with Crippen LogP contribution in [-0.2, 0) is 0 Å². The molecule has 2 heteroatoms. The Morgan fingerprint density at radius 2 is 1.93 bits per heavy atom. The summed E-state index contributed by atoms with van der Waals surface area (Å²) >= 11 is 5.15. The Morgan fingerprint density at radius 3 is 2.67 bits per heavy atom. The van der Waals surface area contributed by atoms with Crippen LogP contribution in [0.4, 0.5) is 0 Å². The van der Waals surface area contributed by atoms with Crippen molar-refractivity contribution in [1.82, 2.24) is 0 Å². The summed E-state index contributed by atoms with van der Waals surface area (Å²) < 4.78 is 0. The van der Waals surface area contributed by atoms with Gasteiger partial charge in [0.2, 0.25) is 0 Å². The van der Waals surface area contributed by atoms with Crippen LogP contribution >= 0.6 is 27.3 Å². The van der Waals surface area contributed by atoms with E-state index in [-0.39, 0.29) is 0 Å². The van der Waals surface area contributed by atoms with Crippen molar-refractivity contribution in [2.75, 3.05) is 5.33 Å². The average Bonchev–Trinajstić information content (AvgIpc) is 2.76. The average molecular weight is 279 g/mol. The molecule has 1 heterocycles. The molecule has 2 aromatic rings. The molecule has 76 valence electrons. The predicted molar refractivity (Wildman–Crippen MR) is 72.6 cm³/mol. The quantitative estimate of drug-likeness (QED) is 0.706. The van der Waals surface area contributed by atoms with Crippen molar-refractivity contribution in [3.8, 4) is 11.1 Å².